The SMILES string of the molecule is COC(=O)c1ccc(C(O)C(O)CC(=O)O)o1. The summed E-state index contributed by atoms with van der Waals surface area (Å²) in [5.41, 5.74) is 0. The van der Waals surface area contributed by atoms with E-state index < -0.39 is 30.6 Å². The molecule has 1 heterocycles. The number of esters is 1. The second-order valence-corrected chi connectivity index (χ2v) is 3.30. The second-order valence-electron chi connectivity index (χ2n) is 3.30. The molecule has 17 heavy (non-hydrogen) atoms. The van der Waals surface area contributed by atoms with Crippen LogP contribution in [0.15, 0.2) is 16.5 Å². The number of methoxy groups -OCH3 is 1. The molecule has 0 fully saturated rings. The van der Waals surface area contributed by atoms with Crippen LogP contribution in [0.3, 0.4) is 0 Å². The van der Waals surface area contributed by atoms with E-state index in [1.54, 1.807) is 0 Å². The van der Waals surface area contributed by atoms with Crippen LogP contribution in [-0.2, 0) is 9.53 Å². The molecule has 0 aliphatic heterocycles. The van der Waals surface area contributed by atoms with Crippen molar-refractivity contribution in [3.05, 3.63) is 23.7 Å². The molecule has 0 aliphatic carbocycles. The number of carboxylic acids is 1. The van der Waals surface area contributed by atoms with E-state index in [1.807, 2.05) is 0 Å². The zero-order valence-electron chi connectivity index (χ0n) is 8.99. The minimum Gasteiger partial charge on any atom is -0.481 e. The Hall–Kier alpha value is -1.86. The van der Waals surface area contributed by atoms with Crippen LogP contribution in [0.5, 0.6) is 0 Å². The number of hydrogen-bond donors (Lipinski definition) is 3. The van der Waals surface area contributed by atoms with Gasteiger partial charge in [0.2, 0.25) is 5.76 Å². The topological polar surface area (TPSA) is 117 Å². The van der Waals surface area contributed by atoms with Crippen LogP contribution in [0.2, 0.25) is 0 Å². The summed E-state index contributed by atoms with van der Waals surface area (Å²) in [6.07, 6.45) is -3.65. The standard InChI is InChI=1S/C10H12O7/c1-16-10(15)7-3-2-6(17-7)9(14)5(11)4-8(12)13/h2-3,5,9,11,14H,4H2,1H3,(H,12,13). The highest BCUT2D eigenvalue weighted by atomic mass is 16.5. The molecule has 0 bridgehead atoms. The Morgan fingerprint density at radius 1 is 1.41 bits per heavy atom. The van der Waals surface area contributed by atoms with Crippen molar-refractivity contribution in [3.8, 4) is 0 Å². The van der Waals surface area contributed by atoms with Gasteiger partial charge in [-0.25, -0.2) is 4.79 Å². The first kappa shape index (κ1) is 13.2. The summed E-state index contributed by atoms with van der Waals surface area (Å²) in [7, 11) is 1.17. The molecule has 0 aliphatic rings. The van der Waals surface area contributed by atoms with Gasteiger partial charge in [-0.1, -0.05) is 0 Å². The normalized spacial score (nSPS) is 14.1. The maximum Gasteiger partial charge on any atom is 0.373 e. The maximum absolute atomic E-state index is 11.0. The fourth-order valence-electron chi connectivity index (χ4n) is 1.20. The van der Waals surface area contributed by atoms with Gasteiger partial charge in [0.15, 0.2) is 0 Å². The van der Waals surface area contributed by atoms with Crippen LogP contribution in [0.4, 0.5) is 0 Å². The van der Waals surface area contributed by atoms with E-state index in [2.05, 4.69) is 4.74 Å². The van der Waals surface area contributed by atoms with Crippen LogP contribution in [0.1, 0.15) is 28.8 Å². The molecule has 1 rings (SSSR count). The predicted octanol–water partition coefficient (Wildman–Crippen LogP) is -0.0648. The Morgan fingerprint density at radius 2 is 2.06 bits per heavy atom. The van der Waals surface area contributed by atoms with E-state index in [9.17, 15) is 19.8 Å². The van der Waals surface area contributed by atoms with E-state index >= 15 is 0 Å². The van der Waals surface area contributed by atoms with Gasteiger partial charge in [0.05, 0.1) is 19.6 Å². The van der Waals surface area contributed by atoms with Gasteiger partial charge in [0, 0.05) is 0 Å². The number of carbonyl (C=O) groups is 2. The monoisotopic (exact) mass is 244 g/mol. The van der Waals surface area contributed by atoms with Crippen molar-refractivity contribution in [1.82, 2.24) is 0 Å². The zero-order chi connectivity index (χ0) is 13.0. The second kappa shape index (κ2) is 5.46. The molecular formula is C10H12O7. The summed E-state index contributed by atoms with van der Waals surface area (Å²) < 4.78 is 9.31. The van der Waals surface area contributed by atoms with Gasteiger partial charge in [-0.05, 0) is 12.1 Å². The average molecular weight is 244 g/mol. The van der Waals surface area contributed by atoms with E-state index in [0.717, 1.165) is 0 Å². The summed E-state index contributed by atoms with van der Waals surface area (Å²) in [5, 5.41) is 27.3. The van der Waals surface area contributed by atoms with Crippen molar-refractivity contribution < 1.29 is 34.1 Å². The number of aliphatic hydroxyl groups excluding tert-OH is 2. The summed E-state index contributed by atoms with van der Waals surface area (Å²) in [6.45, 7) is 0. The Morgan fingerprint density at radius 3 is 2.59 bits per heavy atom. The first-order valence-corrected chi connectivity index (χ1v) is 4.71. The molecule has 2 unspecified atom stereocenters. The minimum absolute atomic E-state index is 0.0980. The van der Waals surface area contributed by atoms with E-state index in [4.69, 9.17) is 9.52 Å². The molecule has 7 heteroatoms. The molecule has 0 amide bonds. The van der Waals surface area contributed by atoms with Crippen LogP contribution >= 0.6 is 0 Å². The van der Waals surface area contributed by atoms with Crippen LogP contribution in [0.25, 0.3) is 0 Å². The third kappa shape index (κ3) is 3.30. The molecule has 0 spiro atoms. The lowest BCUT2D eigenvalue weighted by Crippen LogP contribution is -2.21. The fraction of sp³-hybridized carbons (Fsp3) is 0.400. The molecule has 0 saturated carbocycles. The van der Waals surface area contributed by atoms with Gasteiger partial charge in [0.1, 0.15) is 11.9 Å². The number of aliphatic hydroxyl groups is 2. The van der Waals surface area contributed by atoms with Crippen LogP contribution in [0, 0.1) is 0 Å². The lowest BCUT2D eigenvalue weighted by atomic mass is 10.1. The first-order valence-electron chi connectivity index (χ1n) is 4.71. The molecule has 7 nitrogen and oxygen atoms in total. The first-order chi connectivity index (χ1) is 7.95. The van der Waals surface area contributed by atoms with Gasteiger partial charge in [-0.2, -0.15) is 0 Å². The number of furan rings is 1. The van der Waals surface area contributed by atoms with Crippen molar-refractivity contribution in [2.45, 2.75) is 18.6 Å². The highest BCUT2D eigenvalue weighted by Crippen LogP contribution is 2.21. The Labute approximate surface area is 96.2 Å². The molecular weight excluding hydrogens is 232 g/mol. The number of hydrogen-bond acceptors (Lipinski definition) is 6. The number of aliphatic carboxylic acids is 1. The Bertz CT molecular complexity index is 409. The fourth-order valence-corrected chi connectivity index (χ4v) is 1.20. The smallest absolute Gasteiger partial charge is 0.373 e. The predicted molar refractivity (Wildman–Crippen MR) is 53.3 cm³/mol. The molecule has 1 aromatic heterocycles. The summed E-state index contributed by atoms with van der Waals surface area (Å²) in [4.78, 5) is 21.4. The van der Waals surface area contributed by atoms with E-state index in [-0.39, 0.29) is 11.5 Å². The van der Waals surface area contributed by atoms with E-state index in [1.165, 1.54) is 19.2 Å². The molecule has 0 saturated heterocycles. The van der Waals surface area contributed by atoms with E-state index in [0.29, 0.717) is 0 Å². The van der Waals surface area contributed by atoms with Crippen molar-refractivity contribution in [2.24, 2.45) is 0 Å². The zero-order valence-corrected chi connectivity index (χ0v) is 8.99. The number of ether oxygens (including phenoxy) is 1. The molecule has 3 N–H and O–H groups in total. The van der Waals surface area contributed by atoms with Gasteiger partial charge in [0.25, 0.3) is 0 Å². The summed E-state index contributed by atoms with van der Waals surface area (Å²) in [6, 6.07) is 2.53. The highest BCUT2D eigenvalue weighted by molar-refractivity contribution is 5.86. The van der Waals surface area contributed by atoms with Crippen LogP contribution < -0.4 is 0 Å². The van der Waals surface area contributed by atoms with Crippen molar-refractivity contribution in [3.63, 3.8) is 0 Å². The van der Waals surface area contributed by atoms with Crippen molar-refractivity contribution >= 4 is 11.9 Å². The van der Waals surface area contributed by atoms with Crippen molar-refractivity contribution in [2.75, 3.05) is 7.11 Å². The number of rotatable bonds is 5. The van der Waals surface area contributed by atoms with Crippen LogP contribution in [-0.4, -0.2) is 40.5 Å². The minimum atomic E-state index is -1.51. The number of carboxylic acid groups (broad SMARTS) is 1. The lowest BCUT2D eigenvalue weighted by Gasteiger charge is -2.13. The van der Waals surface area contributed by atoms with Crippen molar-refractivity contribution in [1.29, 1.82) is 0 Å². The Balaban J connectivity index is 2.75. The van der Waals surface area contributed by atoms with Gasteiger partial charge in [-0.15, -0.1) is 0 Å². The highest BCUT2D eigenvalue weighted by Gasteiger charge is 2.25. The number of carbonyl (C=O) groups excluding carboxylic acids is 1. The van der Waals surface area contributed by atoms with Gasteiger partial charge < -0.3 is 24.5 Å². The Kier molecular flexibility index (Phi) is 4.24. The summed E-state index contributed by atoms with van der Waals surface area (Å²) >= 11 is 0. The average Bonchev–Trinajstić information content (AvgIpc) is 2.75. The summed E-state index contributed by atoms with van der Waals surface area (Å²) in [5.74, 6) is -2.21. The third-order valence-corrected chi connectivity index (χ3v) is 2.05. The molecule has 1 aromatic rings. The van der Waals surface area contributed by atoms with Gasteiger partial charge >= 0.3 is 11.9 Å². The molecule has 0 radical (unpaired) electrons. The maximum atomic E-state index is 11.0. The third-order valence-electron chi connectivity index (χ3n) is 2.05. The molecule has 2 atom stereocenters. The van der Waals surface area contributed by atoms with Gasteiger partial charge in [-0.3, -0.25) is 4.79 Å². The largest absolute Gasteiger partial charge is 0.481 e. The lowest BCUT2D eigenvalue weighted by molar-refractivity contribution is -0.141. The quantitative estimate of drug-likeness (QED) is 0.621. The molecule has 0 aromatic carbocycles. The molecule has 94 valence electrons.